The molecule has 17 heavy (non-hydrogen) atoms. The van der Waals surface area contributed by atoms with Crippen molar-refractivity contribution >= 4 is 23.2 Å². The largest absolute Gasteiger partial charge is 0.383 e. The number of carbonyl (C=O) groups is 1. The van der Waals surface area contributed by atoms with E-state index in [9.17, 15) is 4.79 Å². The Balaban J connectivity index is 2.26. The maximum atomic E-state index is 11.7. The van der Waals surface area contributed by atoms with Gasteiger partial charge in [0.2, 0.25) is 0 Å². The molecule has 1 fully saturated rings. The van der Waals surface area contributed by atoms with Gasteiger partial charge < -0.3 is 9.64 Å². The predicted molar refractivity (Wildman–Crippen MR) is 66.6 cm³/mol. The molecule has 1 aromatic rings. The van der Waals surface area contributed by atoms with Crippen LogP contribution in [0.25, 0.3) is 0 Å². The molecule has 1 aromatic heterocycles. The molecule has 0 aromatic carbocycles. The van der Waals surface area contributed by atoms with E-state index in [1.807, 2.05) is 18.4 Å². The highest BCUT2D eigenvalue weighted by molar-refractivity contribution is 7.10. The van der Waals surface area contributed by atoms with Crippen molar-refractivity contribution in [3.63, 3.8) is 0 Å². The molecule has 0 saturated carbocycles. The summed E-state index contributed by atoms with van der Waals surface area (Å²) < 4.78 is 4.99. The van der Waals surface area contributed by atoms with Crippen LogP contribution in [0.5, 0.6) is 0 Å². The standard InChI is InChI=1S/C11H15N3O2S/c1-7-3-6-17-9(7)8-10(12)13-11(15)14(8)4-5-16-2/h3,6,8H,4-5H2,1-2H3,(H2,12,13,15). The predicted octanol–water partition coefficient (Wildman–Crippen LogP) is 1.75. The minimum Gasteiger partial charge on any atom is -0.383 e. The van der Waals surface area contributed by atoms with Crippen molar-refractivity contribution in [3.05, 3.63) is 21.9 Å². The summed E-state index contributed by atoms with van der Waals surface area (Å²) in [6.45, 7) is 2.96. The second-order valence-corrected chi connectivity index (χ2v) is 4.85. The molecular formula is C11H15N3O2S. The lowest BCUT2D eigenvalue weighted by molar-refractivity contribution is 0.151. The molecule has 2 N–H and O–H groups in total. The van der Waals surface area contributed by atoms with E-state index in [2.05, 4.69) is 5.32 Å². The number of urea groups is 1. The van der Waals surface area contributed by atoms with Crippen LogP contribution < -0.4 is 5.32 Å². The molecule has 0 bridgehead atoms. The number of methoxy groups -OCH3 is 1. The lowest BCUT2D eigenvalue weighted by Gasteiger charge is -2.21. The van der Waals surface area contributed by atoms with Crippen LogP contribution in [0.2, 0.25) is 0 Å². The zero-order valence-corrected chi connectivity index (χ0v) is 10.6. The van der Waals surface area contributed by atoms with Gasteiger partial charge in [-0.2, -0.15) is 0 Å². The molecule has 92 valence electrons. The van der Waals surface area contributed by atoms with Crippen LogP contribution in [-0.4, -0.2) is 37.0 Å². The van der Waals surface area contributed by atoms with Gasteiger partial charge in [-0.05, 0) is 23.9 Å². The van der Waals surface area contributed by atoms with E-state index in [0.29, 0.717) is 13.2 Å². The topological polar surface area (TPSA) is 65.4 Å². The average molecular weight is 253 g/mol. The van der Waals surface area contributed by atoms with Crippen LogP contribution in [0.4, 0.5) is 4.79 Å². The van der Waals surface area contributed by atoms with E-state index in [0.717, 1.165) is 10.4 Å². The second kappa shape index (κ2) is 4.85. The third-order valence-corrected chi connectivity index (χ3v) is 3.85. The first-order valence-corrected chi connectivity index (χ1v) is 6.22. The monoisotopic (exact) mass is 253 g/mol. The summed E-state index contributed by atoms with van der Waals surface area (Å²) in [7, 11) is 1.60. The summed E-state index contributed by atoms with van der Waals surface area (Å²) in [5.41, 5.74) is 1.11. The highest BCUT2D eigenvalue weighted by Gasteiger charge is 2.37. The molecule has 6 heteroatoms. The number of carbonyl (C=O) groups excluding carboxylic acids is 1. The lowest BCUT2D eigenvalue weighted by atomic mass is 10.1. The number of amidine groups is 1. The smallest absolute Gasteiger partial charge is 0.323 e. The Hall–Kier alpha value is -1.40. The van der Waals surface area contributed by atoms with Gasteiger partial charge >= 0.3 is 6.03 Å². The normalized spacial score (nSPS) is 19.9. The maximum absolute atomic E-state index is 11.7. The fourth-order valence-corrected chi connectivity index (χ4v) is 2.93. The summed E-state index contributed by atoms with van der Waals surface area (Å²) in [5, 5.41) is 12.4. The van der Waals surface area contributed by atoms with Gasteiger partial charge in [0.1, 0.15) is 11.9 Å². The number of aryl methyl sites for hydroxylation is 1. The van der Waals surface area contributed by atoms with E-state index in [-0.39, 0.29) is 17.9 Å². The summed E-state index contributed by atoms with van der Waals surface area (Å²) in [4.78, 5) is 14.4. The molecule has 1 aliphatic heterocycles. The first kappa shape index (κ1) is 12.1. The molecule has 2 heterocycles. The number of nitrogens with zero attached hydrogens (tertiary/aromatic N) is 1. The Bertz CT molecular complexity index is 444. The molecule has 5 nitrogen and oxygen atoms in total. The Kier molecular flexibility index (Phi) is 3.44. The first-order valence-electron chi connectivity index (χ1n) is 5.34. The number of hydrogen-bond acceptors (Lipinski definition) is 4. The van der Waals surface area contributed by atoms with Crippen LogP contribution in [0, 0.1) is 12.3 Å². The fraction of sp³-hybridized carbons (Fsp3) is 0.455. The Morgan fingerprint density at radius 2 is 2.41 bits per heavy atom. The van der Waals surface area contributed by atoms with Crippen molar-refractivity contribution in [1.82, 2.24) is 10.2 Å². The quantitative estimate of drug-likeness (QED) is 0.858. The lowest BCUT2D eigenvalue weighted by Crippen LogP contribution is -2.32. The van der Waals surface area contributed by atoms with E-state index in [1.54, 1.807) is 23.3 Å². The van der Waals surface area contributed by atoms with Crippen molar-refractivity contribution < 1.29 is 9.53 Å². The second-order valence-electron chi connectivity index (χ2n) is 3.90. The molecule has 1 aliphatic rings. The van der Waals surface area contributed by atoms with Crippen LogP contribution in [0.3, 0.4) is 0 Å². The van der Waals surface area contributed by atoms with Crippen molar-refractivity contribution in [1.29, 1.82) is 5.41 Å². The Morgan fingerprint density at radius 1 is 1.65 bits per heavy atom. The summed E-state index contributed by atoms with van der Waals surface area (Å²) in [5.74, 6) is 0.247. The van der Waals surface area contributed by atoms with E-state index in [1.165, 1.54) is 0 Å². The number of ether oxygens (including phenoxy) is 1. The summed E-state index contributed by atoms with van der Waals surface area (Å²) >= 11 is 1.57. The van der Waals surface area contributed by atoms with E-state index < -0.39 is 0 Å². The van der Waals surface area contributed by atoms with Gasteiger partial charge in [0.25, 0.3) is 0 Å². The van der Waals surface area contributed by atoms with Gasteiger partial charge in [-0.3, -0.25) is 10.7 Å². The molecular weight excluding hydrogens is 238 g/mol. The minimum atomic E-state index is -0.280. The van der Waals surface area contributed by atoms with Gasteiger partial charge in [0.15, 0.2) is 0 Å². The molecule has 2 rings (SSSR count). The van der Waals surface area contributed by atoms with Crippen LogP contribution in [0.1, 0.15) is 16.5 Å². The molecule has 0 radical (unpaired) electrons. The highest BCUT2D eigenvalue weighted by Crippen LogP contribution is 2.31. The molecule has 1 atom stereocenters. The summed E-state index contributed by atoms with van der Waals surface area (Å²) in [6.07, 6.45) is 0. The number of hydrogen-bond donors (Lipinski definition) is 2. The van der Waals surface area contributed by atoms with Gasteiger partial charge in [0.05, 0.1) is 6.61 Å². The van der Waals surface area contributed by atoms with Gasteiger partial charge in [-0.25, -0.2) is 4.79 Å². The van der Waals surface area contributed by atoms with E-state index in [4.69, 9.17) is 10.1 Å². The zero-order valence-electron chi connectivity index (χ0n) is 9.82. The maximum Gasteiger partial charge on any atom is 0.323 e. The molecule has 1 unspecified atom stereocenters. The van der Waals surface area contributed by atoms with E-state index >= 15 is 0 Å². The van der Waals surface area contributed by atoms with Crippen molar-refractivity contribution in [2.24, 2.45) is 0 Å². The Morgan fingerprint density at radius 3 is 3.00 bits per heavy atom. The zero-order chi connectivity index (χ0) is 12.4. The number of amides is 2. The fourth-order valence-electron chi connectivity index (χ4n) is 1.89. The third-order valence-electron chi connectivity index (χ3n) is 2.77. The molecule has 1 saturated heterocycles. The molecule has 0 aliphatic carbocycles. The molecule has 0 spiro atoms. The van der Waals surface area contributed by atoms with Crippen LogP contribution in [-0.2, 0) is 4.74 Å². The third kappa shape index (κ3) is 2.18. The van der Waals surface area contributed by atoms with Crippen LogP contribution >= 0.6 is 11.3 Å². The van der Waals surface area contributed by atoms with Crippen molar-refractivity contribution in [2.75, 3.05) is 20.3 Å². The summed E-state index contributed by atoms with van der Waals surface area (Å²) in [6, 6.07) is 1.51. The van der Waals surface area contributed by atoms with Crippen molar-refractivity contribution in [2.45, 2.75) is 13.0 Å². The molecule has 2 amide bonds. The van der Waals surface area contributed by atoms with Gasteiger partial charge in [-0.1, -0.05) is 0 Å². The number of rotatable bonds is 4. The SMILES string of the molecule is COCCN1C(=O)NC(=N)C1c1sccc1C. The number of nitrogens with one attached hydrogen (secondary N) is 2. The Labute approximate surface area is 104 Å². The minimum absolute atomic E-state index is 0.218. The first-order chi connectivity index (χ1) is 8.15. The van der Waals surface area contributed by atoms with Gasteiger partial charge in [0, 0.05) is 18.5 Å². The van der Waals surface area contributed by atoms with Gasteiger partial charge in [-0.15, -0.1) is 11.3 Å². The van der Waals surface area contributed by atoms with Crippen LogP contribution in [0.15, 0.2) is 11.4 Å². The average Bonchev–Trinajstić information content (AvgIpc) is 2.80. The van der Waals surface area contributed by atoms with Crippen molar-refractivity contribution in [3.8, 4) is 0 Å². The number of thiophene rings is 1. The highest BCUT2D eigenvalue weighted by atomic mass is 32.1.